The molecule has 10 heteroatoms. The molecule has 2 aromatic carbocycles. The smallest absolute Gasteiger partial charge is 0.263 e. The molecule has 3 aromatic rings. The van der Waals surface area contributed by atoms with Crippen LogP contribution in [0.3, 0.4) is 0 Å². The van der Waals surface area contributed by atoms with Gasteiger partial charge in [0.15, 0.2) is 9.84 Å². The number of carbonyl (C=O) groups excluding carboxylic acids is 3. The summed E-state index contributed by atoms with van der Waals surface area (Å²) in [7, 11) is -3.42. The van der Waals surface area contributed by atoms with Gasteiger partial charge in [-0.15, -0.1) is 0 Å². The van der Waals surface area contributed by atoms with Crippen molar-refractivity contribution in [2.45, 2.75) is 30.8 Å². The van der Waals surface area contributed by atoms with E-state index in [0.29, 0.717) is 41.9 Å². The van der Waals surface area contributed by atoms with Gasteiger partial charge < -0.3 is 10.2 Å². The second-order valence-corrected chi connectivity index (χ2v) is 11.6. The number of nitrogens with zero attached hydrogens (tertiary/aromatic N) is 3. The first-order valence-electron chi connectivity index (χ1n) is 12.4. The highest BCUT2D eigenvalue weighted by molar-refractivity contribution is 7.90. The normalized spacial score (nSPS) is 17.4. The zero-order chi connectivity index (χ0) is 26.9. The van der Waals surface area contributed by atoms with Crippen LogP contribution in [-0.2, 0) is 27.7 Å². The second-order valence-electron chi connectivity index (χ2n) is 9.63. The number of piperidine rings is 1. The maximum Gasteiger partial charge on any atom is 0.263 e. The average molecular weight is 533 g/mol. The molecule has 0 aliphatic carbocycles. The molecule has 0 saturated carbocycles. The Kier molecular flexibility index (Phi) is 6.98. The molecule has 1 saturated heterocycles. The Morgan fingerprint density at radius 1 is 1.03 bits per heavy atom. The lowest BCUT2D eigenvalue weighted by Crippen LogP contribution is -2.43. The Bertz CT molecular complexity index is 1510. The molecule has 2 aliphatic rings. The van der Waals surface area contributed by atoms with Gasteiger partial charge in [-0.25, -0.2) is 8.42 Å². The first kappa shape index (κ1) is 25.6. The predicted molar refractivity (Wildman–Crippen MR) is 141 cm³/mol. The van der Waals surface area contributed by atoms with E-state index in [1.54, 1.807) is 54.9 Å². The third-order valence-electron chi connectivity index (χ3n) is 7.03. The minimum absolute atomic E-state index is 0.107. The lowest BCUT2D eigenvalue weighted by Gasteiger charge is -2.34. The summed E-state index contributed by atoms with van der Waals surface area (Å²) in [5, 5.41) is 2.89. The monoisotopic (exact) mass is 532 g/mol. The van der Waals surface area contributed by atoms with Crippen LogP contribution in [0.1, 0.15) is 44.7 Å². The van der Waals surface area contributed by atoms with Crippen molar-refractivity contribution < 1.29 is 22.8 Å². The van der Waals surface area contributed by atoms with Crippen LogP contribution in [0.2, 0.25) is 0 Å². The highest BCUT2D eigenvalue weighted by atomic mass is 32.2. The number of hydrogen-bond donors (Lipinski definition) is 1. The summed E-state index contributed by atoms with van der Waals surface area (Å²) in [4.78, 5) is 47.0. The number of rotatable bonds is 7. The van der Waals surface area contributed by atoms with Gasteiger partial charge >= 0.3 is 0 Å². The third kappa shape index (κ3) is 5.04. The number of amides is 3. The van der Waals surface area contributed by atoms with E-state index in [1.165, 1.54) is 11.0 Å². The van der Waals surface area contributed by atoms with Gasteiger partial charge in [-0.1, -0.05) is 24.3 Å². The fourth-order valence-corrected chi connectivity index (χ4v) is 6.08. The zero-order valence-corrected chi connectivity index (χ0v) is 21.8. The quantitative estimate of drug-likeness (QED) is 0.465. The molecule has 0 unspecified atom stereocenters. The summed E-state index contributed by atoms with van der Waals surface area (Å²) in [6.45, 7) is 1.31. The Hall–Kier alpha value is -4.05. The topological polar surface area (TPSA) is 117 Å². The molecule has 1 N–H and O–H groups in total. The van der Waals surface area contributed by atoms with Crippen LogP contribution in [0.25, 0.3) is 0 Å². The molecular formula is C28H28N4O5S. The molecule has 0 spiro atoms. The van der Waals surface area contributed by atoms with E-state index in [4.69, 9.17) is 0 Å². The van der Waals surface area contributed by atoms with Crippen LogP contribution >= 0.6 is 0 Å². The van der Waals surface area contributed by atoms with Gasteiger partial charge in [0.2, 0.25) is 5.91 Å². The van der Waals surface area contributed by atoms with Crippen molar-refractivity contribution in [3.8, 4) is 0 Å². The van der Waals surface area contributed by atoms with Crippen LogP contribution in [0, 0.1) is 5.92 Å². The van der Waals surface area contributed by atoms with E-state index >= 15 is 0 Å². The van der Waals surface area contributed by atoms with E-state index in [1.807, 2.05) is 11.0 Å². The largest absolute Gasteiger partial charge is 0.370 e. The van der Waals surface area contributed by atoms with Crippen molar-refractivity contribution in [1.82, 2.24) is 15.2 Å². The minimum atomic E-state index is -3.42. The summed E-state index contributed by atoms with van der Waals surface area (Å²) in [5.41, 5.74) is 2.73. The van der Waals surface area contributed by atoms with Gasteiger partial charge in [-0.3, -0.25) is 24.3 Å². The van der Waals surface area contributed by atoms with Crippen molar-refractivity contribution in [1.29, 1.82) is 0 Å². The number of fused-ring (bicyclic) bond motifs is 1. The number of anilines is 1. The number of benzene rings is 2. The molecule has 0 bridgehead atoms. The number of hydrogen-bond acceptors (Lipinski definition) is 7. The molecule has 3 amide bonds. The number of sulfone groups is 1. The molecule has 196 valence electrons. The number of pyridine rings is 1. The maximum absolute atomic E-state index is 13.4. The number of aromatic nitrogens is 1. The summed E-state index contributed by atoms with van der Waals surface area (Å²) < 4.78 is 24.2. The first-order valence-corrected chi connectivity index (χ1v) is 14.3. The van der Waals surface area contributed by atoms with E-state index < -0.39 is 9.84 Å². The van der Waals surface area contributed by atoms with Crippen LogP contribution in [0.15, 0.2) is 71.9 Å². The summed E-state index contributed by atoms with van der Waals surface area (Å²) in [6, 6.07) is 15.4. The Morgan fingerprint density at radius 3 is 2.55 bits per heavy atom. The Morgan fingerprint density at radius 2 is 1.79 bits per heavy atom. The van der Waals surface area contributed by atoms with Crippen molar-refractivity contribution in [2.24, 2.45) is 5.92 Å². The molecule has 1 aromatic heterocycles. The molecule has 1 atom stereocenters. The molecular weight excluding hydrogens is 504 g/mol. The highest BCUT2D eigenvalue weighted by Gasteiger charge is 2.39. The van der Waals surface area contributed by atoms with Crippen molar-refractivity contribution in [2.75, 3.05) is 24.2 Å². The molecule has 0 radical (unpaired) electrons. The standard InChI is InChI=1S/C28H28N4O5S/c1-38(36,37)24-10-3-2-6-20(24)16-30-26(33)21-7-5-15-31(18-21)23-9-4-8-22-25(23)28(35)32(27(22)34)17-19-11-13-29-14-12-19/h2-4,6,8-14,21H,5,7,15-18H2,1H3,(H,30,33)/t21-/m1/s1. The van der Waals surface area contributed by atoms with Gasteiger partial charge in [0.05, 0.1) is 34.2 Å². The molecule has 3 heterocycles. The van der Waals surface area contributed by atoms with Crippen molar-refractivity contribution >= 4 is 33.2 Å². The zero-order valence-electron chi connectivity index (χ0n) is 21.0. The molecule has 9 nitrogen and oxygen atoms in total. The number of carbonyl (C=O) groups is 3. The SMILES string of the molecule is CS(=O)(=O)c1ccccc1CNC(=O)[C@@H]1CCCN(c2cccc3c2C(=O)N(Cc2ccncc2)C3=O)C1. The average Bonchev–Trinajstić information content (AvgIpc) is 3.17. The fraction of sp³-hybridized carbons (Fsp3) is 0.286. The van der Waals surface area contributed by atoms with Crippen molar-refractivity contribution in [3.63, 3.8) is 0 Å². The lowest BCUT2D eigenvalue weighted by molar-refractivity contribution is -0.125. The molecule has 1 fully saturated rings. The fourth-order valence-electron chi connectivity index (χ4n) is 5.14. The van der Waals surface area contributed by atoms with Crippen LogP contribution in [0.5, 0.6) is 0 Å². The van der Waals surface area contributed by atoms with Crippen LogP contribution in [-0.4, -0.2) is 55.4 Å². The van der Waals surface area contributed by atoms with E-state index in [2.05, 4.69) is 10.3 Å². The highest BCUT2D eigenvalue weighted by Crippen LogP contribution is 2.34. The number of nitrogens with one attached hydrogen (secondary N) is 1. The van der Waals surface area contributed by atoms with E-state index in [0.717, 1.165) is 18.2 Å². The first-order chi connectivity index (χ1) is 18.2. The van der Waals surface area contributed by atoms with Gasteiger partial charge in [0.25, 0.3) is 11.8 Å². The van der Waals surface area contributed by atoms with Crippen LogP contribution in [0.4, 0.5) is 5.69 Å². The van der Waals surface area contributed by atoms with E-state index in [-0.39, 0.29) is 41.6 Å². The van der Waals surface area contributed by atoms with Gasteiger partial charge in [0.1, 0.15) is 0 Å². The predicted octanol–water partition coefficient (Wildman–Crippen LogP) is 2.81. The summed E-state index contributed by atoms with van der Waals surface area (Å²) in [6.07, 6.45) is 5.81. The Balaban J connectivity index is 1.31. The summed E-state index contributed by atoms with van der Waals surface area (Å²) in [5.74, 6) is -1.20. The summed E-state index contributed by atoms with van der Waals surface area (Å²) >= 11 is 0. The lowest BCUT2D eigenvalue weighted by atomic mass is 9.95. The van der Waals surface area contributed by atoms with Gasteiger partial charge in [0, 0.05) is 38.3 Å². The maximum atomic E-state index is 13.4. The molecule has 2 aliphatic heterocycles. The van der Waals surface area contributed by atoms with E-state index in [9.17, 15) is 22.8 Å². The second kappa shape index (κ2) is 10.4. The van der Waals surface area contributed by atoms with Gasteiger partial charge in [-0.05, 0) is 54.3 Å². The minimum Gasteiger partial charge on any atom is -0.370 e. The van der Waals surface area contributed by atoms with Gasteiger partial charge in [-0.2, -0.15) is 0 Å². The Labute approximate surface area is 221 Å². The van der Waals surface area contributed by atoms with Crippen molar-refractivity contribution in [3.05, 3.63) is 89.2 Å². The molecule has 38 heavy (non-hydrogen) atoms. The van der Waals surface area contributed by atoms with Crippen LogP contribution < -0.4 is 10.2 Å². The third-order valence-corrected chi connectivity index (χ3v) is 8.22. The molecule has 5 rings (SSSR count). The number of imide groups is 1.